The molecule has 1 aromatic carbocycles. The first-order valence-electron chi connectivity index (χ1n) is 5.62. The zero-order valence-corrected chi connectivity index (χ0v) is 12.1. The molecule has 0 radical (unpaired) electrons. The molecule has 0 aliphatic carbocycles. The highest BCUT2D eigenvalue weighted by atomic mass is 32.1. The lowest BCUT2D eigenvalue weighted by Crippen LogP contribution is -2.12. The van der Waals surface area contributed by atoms with E-state index in [9.17, 15) is 0 Å². The van der Waals surface area contributed by atoms with Crippen LogP contribution in [0.4, 0.5) is 11.4 Å². The molecule has 0 heterocycles. The lowest BCUT2D eigenvalue weighted by Gasteiger charge is -2.19. The monoisotopic (exact) mass is 256 g/mol. The minimum atomic E-state index is 0.400. The largest absolute Gasteiger partial charge is 0.385 e. The van der Waals surface area contributed by atoms with E-state index >= 15 is 0 Å². The summed E-state index contributed by atoms with van der Waals surface area (Å²) in [5.74, 6) is 0. The Morgan fingerprint density at radius 3 is 2.12 bits per heavy atom. The Morgan fingerprint density at radius 1 is 1.06 bits per heavy atom. The van der Waals surface area contributed by atoms with Gasteiger partial charge in [-0.1, -0.05) is 45.2 Å². The molecule has 0 fully saturated rings. The fourth-order valence-corrected chi connectivity index (χ4v) is 2.21. The van der Waals surface area contributed by atoms with Gasteiger partial charge < -0.3 is 10.6 Å². The second-order valence-corrected chi connectivity index (χ2v) is 6.07. The Balaban J connectivity index is 2.42. The van der Waals surface area contributed by atoms with Crippen molar-refractivity contribution < 1.29 is 0 Å². The maximum absolute atomic E-state index is 5.19. The molecule has 0 spiro atoms. The fourth-order valence-electron chi connectivity index (χ4n) is 1.63. The van der Waals surface area contributed by atoms with Crippen molar-refractivity contribution in [3.8, 4) is 0 Å². The number of anilines is 2. The lowest BCUT2D eigenvalue weighted by molar-refractivity contribution is 0.370. The van der Waals surface area contributed by atoms with Crippen LogP contribution in [0.2, 0.25) is 0 Å². The summed E-state index contributed by atoms with van der Waals surface area (Å²) in [4.78, 5) is 0. The van der Waals surface area contributed by atoms with E-state index in [1.807, 2.05) is 7.05 Å². The Labute approximate surface area is 108 Å². The van der Waals surface area contributed by atoms with E-state index in [0.29, 0.717) is 5.41 Å². The zero-order valence-electron chi connectivity index (χ0n) is 10.4. The highest BCUT2D eigenvalue weighted by molar-refractivity contribution is 7.74. The molecule has 0 bridgehead atoms. The average molecular weight is 256 g/mol. The molecule has 90 valence electrons. The van der Waals surface area contributed by atoms with Gasteiger partial charge in [0.15, 0.2) is 0 Å². The van der Waals surface area contributed by atoms with Gasteiger partial charge >= 0.3 is 0 Å². The average Bonchev–Trinajstić information content (AvgIpc) is 2.20. The van der Waals surface area contributed by atoms with Crippen LogP contribution in [0.15, 0.2) is 0 Å². The van der Waals surface area contributed by atoms with Crippen molar-refractivity contribution in [1.29, 1.82) is 0 Å². The van der Waals surface area contributed by atoms with Crippen molar-refractivity contribution in [3.05, 3.63) is 9.02 Å². The van der Waals surface area contributed by atoms with E-state index in [1.165, 1.54) is 6.42 Å². The Morgan fingerprint density at radius 2 is 1.62 bits per heavy atom. The topological polar surface area (TPSA) is 24.1 Å². The van der Waals surface area contributed by atoms with Gasteiger partial charge in [-0.25, -0.2) is 0 Å². The van der Waals surface area contributed by atoms with Crippen LogP contribution in [0.3, 0.4) is 0 Å². The quantitative estimate of drug-likeness (QED) is 0.606. The van der Waals surface area contributed by atoms with Gasteiger partial charge in [0.05, 0.1) is 20.4 Å². The van der Waals surface area contributed by atoms with Gasteiger partial charge in [-0.3, -0.25) is 0 Å². The van der Waals surface area contributed by atoms with Gasteiger partial charge in [0, 0.05) is 13.6 Å². The van der Waals surface area contributed by atoms with Crippen molar-refractivity contribution in [2.45, 2.75) is 33.6 Å². The number of nitrogens with one attached hydrogen (secondary N) is 2. The molecule has 0 unspecified atom stereocenters. The van der Waals surface area contributed by atoms with Gasteiger partial charge in [-0.05, 0) is 18.3 Å². The Kier molecular flexibility index (Phi) is 4.44. The molecule has 1 rings (SSSR count). The van der Waals surface area contributed by atoms with Crippen LogP contribution in [0.5, 0.6) is 0 Å². The van der Waals surface area contributed by atoms with E-state index < -0.39 is 0 Å². The lowest BCUT2D eigenvalue weighted by atomic mass is 9.90. The van der Waals surface area contributed by atoms with Crippen LogP contribution in [0.1, 0.15) is 33.6 Å². The fraction of sp³-hybridized carbons (Fsp3) is 0.667. The second-order valence-electron chi connectivity index (χ2n) is 5.25. The van der Waals surface area contributed by atoms with Crippen molar-refractivity contribution in [1.82, 2.24) is 0 Å². The summed E-state index contributed by atoms with van der Waals surface area (Å²) in [6, 6.07) is 0. The predicted molar refractivity (Wildman–Crippen MR) is 77.2 cm³/mol. The first-order valence-corrected chi connectivity index (χ1v) is 6.43. The van der Waals surface area contributed by atoms with Crippen LogP contribution in [-0.2, 0) is 0 Å². The predicted octanol–water partition coefficient (Wildman–Crippen LogP) is 4.30. The molecule has 0 saturated heterocycles. The Hall–Kier alpha value is -0.480. The van der Waals surface area contributed by atoms with Gasteiger partial charge in [-0.2, -0.15) is 0 Å². The first-order chi connectivity index (χ1) is 7.37. The van der Waals surface area contributed by atoms with Gasteiger partial charge in [0.1, 0.15) is 0 Å². The van der Waals surface area contributed by atoms with Crippen molar-refractivity contribution in [3.63, 3.8) is 0 Å². The summed E-state index contributed by atoms with van der Waals surface area (Å²) >= 11 is 10.3. The summed E-state index contributed by atoms with van der Waals surface area (Å²) in [7, 11) is 1.88. The molecule has 1 aromatic rings. The molecule has 0 aromatic heterocycles. The molecule has 0 amide bonds. The van der Waals surface area contributed by atoms with E-state index in [-0.39, 0.29) is 0 Å². The molecule has 0 aliphatic heterocycles. The van der Waals surface area contributed by atoms with E-state index in [2.05, 4.69) is 31.4 Å². The maximum Gasteiger partial charge on any atom is 0.0832 e. The third-order valence-corrected chi connectivity index (χ3v) is 3.51. The third-order valence-electron chi connectivity index (χ3n) is 2.57. The zero-order chi connectivity index (χ0) is 12.3. The van der Waals surface area contributed by atoms with Gasteiger partial charge in [0.25, 0.3) is 0 Å². The molecule has 2 nitrogen and oxygen atoms in total. The van der Waals surface area contributed by atoms with Crippen LogP contribution in [0.25, 0.3) is 0 Å². The smallest absolute Gasteiger partial charge is 0.0832 e. The molecule has 2 N–H and O–H groups in total. The van der Waals surface area contributed by atoms with Crippen molar-refractivity contribution in [2.24, 2.45) is 5.41 Å². The number of hydrogen-bond acceptors (Lipinski definition) is 4. The van der Waals surface area contributed by atoms with E-state index in [0.717, 1.165) is 33.4 Å². The summed E-state index contributed by atoms with van der Waals surface area (Å²) < 4.78 is 1.59. The van der Waals surface area contributed by atoms with Gasteiger partial charge in [0.2, 0.25) is 0 Å². The SMILES string of the molecule is CNc1c(NCCCC(C)(C)C)c(=S)c1=S. The molecular weight excluding hydrogens is 236 g/mol. The third kappa shape index (κ3) is 3.25. The van der Waals surface area contributed by atoms with Crippen LogP contribution in [-0.4, -0.2) is 13.6 Å². The van der Waals surface area contributed by atoms with Crippen LogP contribution in [0, 0.1) is 14.4 Å². The molecule has 0 aliphatic rings. The van der Waals surface area contributed by atoms with E-state index in [1.54, 1.807) is 0 Å². The molecule has 16 heavy (non-hydrogen) atoms. The van der Waals surface area contributed by atoms with Crippen LogP contribution >= 0.6 is 24.4 Å². The summed E-state index contributed by atoms with van der Waals surface area (Å²) in [5, 5.41) is 6.44. The minimum Gasteiger partial charge on any atom is -0.385 e. The summed E-state index contributed by atoms with van der Waals surface area (Å²) in [6.45, 7) is 7.73. The van der Waals surface area contributed by atoms with Crippen molar-refractivity contribution >= 4 is 35.8 Å². The minimum absolute atomic E-state index is 0.400. The molecular formula is C12H20N2S2. The van der Waals surface area contributed by atoms with E-state index in [4.69, 9.17) is 24.4 Å². The highest BCUT2D eigenvalue weighted by Crippen LogP contribution is 2.32. The molecule has 0 atom stereocenters. The highest BCUT2D eigenvalue weighted by Gasteiger charge is 2.13. The standard InChI is InChI=1S/C12H20N2S2/c1-12(2,3)6-5-7-14-9-8(13-4)10(15)11(9)16/h13-14H,5-7H2,1-4H3. The number of rotatable bonds is 5. The first kappa shape index (κ1) is 13.6. The van der Waals surface area contributed by atoms with Crippen LogP contribution < -0.4 is 10.6 Å². The normalized spacial score (nSPS) is 11.8. The number of hydrogen-bond donors (Lipinski definition) is 2. The second kappa shape index (κ2) is 5.23. The molecule has 0 saturated carbocycles. The molecule has 4 heteroatoms. The van der Waals surface area contributed by atoms with Crippen molar-refractivity contribution in [2.75, 3.05) is 24.2 Å². The maximum atomic E-state index is 5.19. The van der Waals surface area contributed by atoms with Gasteiger partial charge in [-0.15, -0.1) is 0 Å². The summed E-state index contributed by atoms with van der Waals surface area (Å²) in [5.41, 5.74) is 2.42. The summed E-state index contributed by atoms with van der Waals surface area (Å²) in [6.07, 6.45) is 2.36. The Bertz CT molecular complexity index is 423.